The molecule has 0 spiro atoms. The molecule has 2 heterocycles. The first-order valence-corrected chi connectivity index (χ1v) is 8.26. The molecule has 2 aliphatic heterocycles. The Hall–Kier alpha value is -1.10. The van der Waals surface area contributed by atoms with Gasteiger partial charge in [0.25, 0.3) is 0 Å². The van der Waals surface area contributed by atoms with Gasteiger partial charge in [-0.25, -0.2) is 0 Å². The Labute approximate surface area is 127 Å². The summed E-state index contributed by atoms with van der Waals surface area (Å²) in [6.45, 7) is 7.63. The Morgan fingerprint density at radius 1 is 1.10 bits per heavy atom. The lowest BCUT2D eigenvalue weighted by atomic mass is 9.97. The summed E-state index contributed by atoms with van der Waals surface area (Å²) in [6, 6.07) is 0.388. The second-order valence-electron chi connectivity index (χ2n) is 6.31. The molecule has 3 unspecified atom stereocenters. The van der Waals surface area contributed by atoms with Crippen molar-refractivity contribution in [1.29, 1.82) is 0 Å². The number of hydrogen-bond donors (Lipinski definition) is 0. The van der Waals surface area contributed by atoms with E-state index in [2.05, 4.69) is 13.8 Å². The molecular weight excluding hydrogens is 268 g/mol. The molecule has 2 aliphatic rings. The smallest absolute Gasteiger partial charge is 0.323 e. The highest BCUT2D eigenvalue weighted by atomic mass is 16.5. The molecule has 1 amide bonds. The van der Waals surface area contributed by atoms with Gasteiger partial charge in [-0.2, -0.15) is 0 Å². The molecule has 5 nitrogen and oxygen atoms in total. The highest BCUT2D eigenvalue weighted by Gasteiger charge is 2.36. The van der Waals surface area contributed by atoms with Crippen molar-refractivity contribution in [3.8, 4) is 0 Å². The third kappa shape index (κ3) is 3.76. The fourth-order valence-corrected chi connectivity index (χ4v) is 3.69. The SMILES string of the molecule is CCOC(=O)C1CCCN1CC(=O)N1C(C)CCCC1C. The van der Waals surface area contributed by atoms with Crippen LogP contribution >= 0.6 is 0 Å². The van der Waals surface area contributed by atoms with Gasteiger partial charge < -0.3 is 9.64 Å². The average Bonchev–Trinajstić information content (AvgIpc) is 2.87. The highest BCUT2D eigenvalue weighted by Crippen LogP contribution is 2.24. The standard InChI is InChI=1S/C16H28N2O3/c1-4-21-16(20)14-9-6-10-17(14)11-15(19)18-12(2)7-5-8-13(18)3/h12-14H,4-11H2,1-3H3. The normalized spacial score (nSPS) is 30.4. The summed E-state index contributed by atoms with van der Waals surface area (Å²) in [4.78, 5) is 28.6. The quantitative estimate of drug-likeness (QED) is 0.742. The van der Waals surface area contributed by atoms with Crippen molar-refractivity contribution in [2.24, 2.45) is 0 Å². The van der Waals surface area contributed by atoms with Gasteiger partial charge in [0, 0.05) is 12.1 Å². The van der Waals surface area contributed by atoms with E-state index in [1.54, 1.807) is 0 Å². The van der Waals surface area contributed by atoms with E-state index in [1.807, 2.05) is 16.7 Å². The zero-order valence-corrected chi connectivity index (χ0v) is 13.5. The van der Waals surface area contributed by atoms with Crippen molar-refractivity contribution < 1.29 is 14.3 Å². The molecule has 120 valence electrons. The van der Waals surface area contributed by atoms with E-state index < -0.39 is 0 Å². The van der Waals surface area contributed by atoms with Crippen molar-refractivity contribution in [2.75, 3.05) is 19.7 Å². The van der Waals surface area contributed by atoms with Crippen LogP contribution in [0.25, 0.3) is 0 Å². The predicted octanol–water partition coefficient (Wildman–Crippen LogP) is 1.80. The summed E-state index contributed by atoms with van der Waals surface area (Å²) in [6.07, 6.45) is 5.12. The molecule has 0 aromatic rings. The van der Waals surface area contributed by atoms with Gasteiger partial charge in [-0.3, -0.25) is 14.5 Å². The Morgan fingerprint density at radius 3 is 2.38 bits per heavy atom. The molecule has 5 heteroatoms. The lowest BCUT2D eigenvalue weighted by Crippen LogP contribution is -2.52. The monoisotopic (exact) mass is 296 g/mol. The van der Waals surface area contributed by atoms with Crippen LogP contribution in [0.1, 0.15) is 52.9 Å². The first-order chi connectivity index (χ1) is 10.0. The Bertz CT molecular complexity index is 376. The first-order valence-electron chi connectivity index (χ1n) is 8.26. The topological polar surface area (TPSA) is 49.9 Å². The molecule has 0 aromatic heterocycles. The molecule has 0 saturated carbocycles. The lowest BCUT2D eigenvalue weighted by Gasteiger charge is -2.40. The molecule has 0 bridgehead atoms. The summed E-state index contributed by atoms with van der Waals surface area (Å²) in [5.41, 5.74) is 0. The zero-order chi connectivity index (χ0) is 15.4. The van der Waals surface area contributed by atoms with Gasteiger partial charge in [-0.1, -0.05) is 0 Å². The average molecular weight is 296 g/mol. The van der Waals surface area contributed by atoms with E-state index in [0.29, 0.717) is 25.2 Å². The second-order valence-corrected chi connectivity index (χ2v) is 6.31. The van der Waals surface area contributed by atoms with Crippen molar-refractivity contribution in [3.63, 3.8) is 0 Å². The molecule has 0 aromatic carbocycles. The van der Waals surface area contributed by atoms with Crippen LogP contribution in [0.3, 0.4) is 0 Å². The molecule has 0 aliphatic carbocycles. The number of amides is 1. The van der Waals surface area contributed by atoms with E-state index in [-0.39, 0.29) is 17.9 Å². The van der Waals surface area contributed by atoms with E-state index in [0.717, 1.165) is 32.2 Å². The minimum Gasteiger partial charge on any atom is -0.465 e. The Balaban J connectivity index is 1.96. The van der Waals surface area contributed by atoms with Crippen molar-refractivity contribution in [3.05, 3.63) is 0 Å². The number of esters is 1. The lowest BCUT2D eigenvalue weighted by molar-refractivity contribution is -0.149. The molecule has 3 atom stereocenters. The maximum absolute atomic E-state index is 12.6. The first kappa shape index (κ1) is 16.3. The van der Waals surface area contributed by atoms with Gasteiger partial charge in [0.2, 0.25) is 5.91 Å². The largest absolute Gasteiger partial charge is 0.465 e. The molecule has 0 radical (unpaired) electrons. The van der Waals surface area contributed by atoms with Crippen LogP contribution in [-0.2, 0) is 14.3 Å². The van der Waals surface area contributed by atoms with Crippen LogP contribution in [-0.4, -0.2) is 59.5 Å². The summed E-state index contributed by atoms with van der Waals surface area (Å²) >= 11 is 0. The van der Waals surface area contributed by atoms with E-state index >= 15 is 0 Å². The number of piperidine rings is 1. The fourth-order valence-electron chi connectivity index (χ4n) is 3.69. The van der Waals surface area contributed by atoms with Crippen LogP contribution in [0.2, 0.25) is 0 Å². The number of carbonyl (C=O) groups is 2. The number of hydrogen-bond acceptors (Lipinski definition) is 4. The summed E-state index contributed by atoms with van der Waals surface area (Å²) in [5.74, 6) is -0.0200. The minimum absolute atomic E-state index is 0.158. The maximum Gasteiger partial charge on any atom is 0.323 e. The number of ether oxygens (including phenoxy) is 1. The van der Waals surface area contributed by atoms with E-state index in [4.69, 9.17) is 4.74 Å². The van der Waals surface area contributed by atoms with E-state index in [9.17, 15) is 9.59 Å². The molecule has 2 rings (SSSR count). The molecule has 2 fully saturated rings. The van der Waals surface area contributed by atoms with Crippen molar-refractivity contribution >= 4 is 11.9 Å². The Kier molecular flexibility index (Phi) is 5.62. The summed E-state index contributed by atoms with van der Waals surface area (Å²) in [5, 5.41) is 0. The molecular formula is C16H28N2O3. The number of likely N-dealkylation sites (tertiary alicyclic amines) is 2. The highest BCUT2D eigenvalue weighted by molar-refractivity contribution is 5.81. The van der Waals surface area contributed by atoms with Crippen LogP contribution in [0.5, 0.6) is 0 Å². The van der Waals surface area contributed by atoms with Crippen LogP contribution in [0.4, 0.5) is 0 Å². The van der Waals surface area contributed by atoms with Gasteiger partial charge >= 0.3 is 5.97 Å². The number of rotatable bonds is 4. The molecule has 2 saturated heterocycles. The van der Waals surface area contributed by atoms with Gasteiger partial charge in [-0.05, 0) is 59.4 Å². The third-order valence-corrected chi connectivity index (χ3v) is 4.74. The predicted molar refractivity (Wildman–Crippen MR) is 80.8 cm³/mol. The van der Waals surface area contributed by atoms with Gasteiger partial charge in [-0.15, -0.1) is 0 Å². The van der Waals surface area contributed by atoms with Gasteiger partial charge in [0.05, 0.1) is 13.2 Å². The minimum atomic E-state index is -0.232. The van der Waals surface area contributed by atoms with Crippen LogP contribution in [0.15, 0.2) is 0 Å². The van der Waals surface area contributed by atoms with Gasteiger partial charge in [0.1, 0.15) is 6.04 Å². The Morgan fingerprint density at radius 2 is 1.76 bits per heavy atom. The number of carbonyl (C=O) groups excluding carboxylic acids is 2. The number of nitrogens with zero attached hydrogens (tertiary/aromatic N) is 2. The molecule has 0 N–H and O–H groups in total. The van der Waals surface area contributed by atoms with Crippen LogP contribution < -0.4 is 0 Å². The van der Waals surface area contributed by atoms with E-state index in [1.165, 1.54) is 6.42 Å². The summed E-state index contributed by atoms with van der Waals surface area (Å²) in [7, 11) is 0. The maximum atomic E-state index is 12.6. The van der Waals surface area contributed by atoms with Crippen LogP contribution in [0, 0.1) is 0 Å². The van der Waals surface area contributed by atoms with Gasteiger partial charge in [0.15, 0.2) is 0 Å². The molecule has 21 heavy (non-hydrogen) atoms. The second kappa shape index (κ2) is 7.25. The van der Waals surface area contributed by atoms with Crippen molar-refractivity contribution in [2.45, 2.75) is 71.0 Å². The van der Waals surface area contributed by atoms with Crippen molar-refractivity contribution in [1.82, 2.24) is 9.80 Å². The summed E-state index contributed by atoms with van der Waals surface area (Å²) < 4.78 is 5.12. The zero-order valence-electron chi connectivity index (χ0n) is 13.5. The fraction of sp³-hybridized carbons (Fsp3) is 0.875. The third-order valence-electron chi connectivity index (χ3n) is 4.74.